The van der Waals surface area contributed by atoms with Crippen LogP contribution < -0.4 is 0 Å². The molecule has 3 rings (SSSR count). The van der Waals surface area contributed by atoms with Gasteiger partial charge in [0.15, 0.2) is 0 Å². The number of aliphatic hydroxyl groups is 1. The van der Waals surface area contributed by atoms with Crippen LogP contribution in [0.25, 0.3) is 0 Å². The highest BCUT2D eigenvalue weighted by Crippen LogP contribution is 2.59. The van der Waals surface area contributed by atoms with Gasteiger partial charge in [0, 0.05) is 5.92 Å². The van der Waals surface area contributed by atoms with Crippen molar-refractivity contribution in [2.75, 3.05) is 6.61 Å². The number of hydrogen-bond acceptors (Lipinski definition) is 3. The highest BCUT2D eigenvalue weighted by atomic mass is 16.5. The molecule has 0 heterocycles. The Morgan fingerprint density at radius 2 is 1.97 bits per heavy atom. The molecular formula is C31H47NO2. The first-order chi connectivity index (χ1) is 16.1. The molecule has 0 saturated heterocycles. The van der Waals surface area contributed by atoms with E-state index in [0.717, 1.165) is 19.3 Å². The van der Waals surface area contributed by atoms with Crippen molar-refractivity contribution in [3.63, 3.8) is 0 Å². The summed E-state index contributed by atoms with van der Waals surface area (Å²) >= 11 is 0. The Balaban J connectivity index is 1.70. The van der Waals surface area contributed by atoms with Crippen molar-refractivity contribution < 1.29 is 9.84 Å². The molecule has 0 spiro atoms. The molecule has 3 nitrogen and oxygen atoms in total. The predicted molar refractivity (Wildman–Crippen MR) is 141 cm³/mol. The van der Waals surface area contributed by atoms with Gasteiger partial charge >= 0.3 is 0 Å². The van der Waals surface area contributed by atoms with Crippen LogP contribution in [0.1, 0.15) is 92.4 Å². The fourth-order valence-electron chi connectivity index (χ4n) is 6.65. The normalized spacial score (nSPS) is 34.4. The van der Waals surface area contributed by atoms with Crippen LogP contribution >= 0.6 is 0 Å². The summed E-state index contributed by atoms with van der Waals surface area (Å²) in [7, 11) is 0. The van der Waals surface area contributed by atoms with E-state index in [9.17, 15) is 5.11 Å². The molecule has 3 saturated carbocycles. The molecule has 1 N–H and O–H groups in total. The zero-order chi connectivity index (χ0) is 24.9. The molecule has 0 aromatic heterocycles. The maximum absolute atomic E-state index is 10.3. The lowest BCUT2D eigenvalue weighted by Gasteiger charge is -2.44. The van der Waals surface area contributed by atoms with Crippen molar-refractivity contribution in [3.05, 3.63) is 47.6 Å². The Morgan fingerprint density at radius 1 is 1.21 bits per heavy atom. The second-order valence-corrected chi connectivity index (χ2v) is 12.0. The lowest BCUT2D eigenvalue weighted by Crippen LogP contribution is -2.35. The number of nitriles is 1. The van der Waals surface area contributed by atoms with Gasteiger partial charge in [-0.3, -0.25) is 0 Å². The summed E-state index contributed by atoms with van der Waals surface area (Å²) in [5.74, 6) is 2.05. The third-order valence-corrected chi connectivity index (χ3v) is 9.23. The predicted octanol–water partition coefficient (Wildman–Crippen LogP) is 7.69. The summed E-state index contributed by atoms with van der Waals surface area (Å²) in [5.41, 5.74) is 3.90. The van der Waals surface area contributed by atoms with Crippen LogP contribution in [-0.4, -0.2) is 23.4 Å². The van der Waals surface area contributed by atoms with Crippen molar-refractivity contribution in [1.29, 1.82) is 5.26 Å². The maximum Gasteiger partial charge on any atom is 0.0651 e. The van der Waals surface area contributed by atoms with Crippen LogP contribution in [-0.2, 0) is 4.74 Å². The zero-order valence-corrected chi connectivity index (χ0v) is 22.3. The molecule has 6 unspecified atom stereocenters. The molecule has 3 heteroatoms. The molecular weight excluding hydrogens is 418 g/mol. The molecule has 3 aliphatic carbocycles. The van der Waals surface area contributed by atoms with Gasteiger partial charge in [-0.2, -0.15) is 5.26 Å². The first kappa shape index (κ1) is 27.0. The second kappa shape index (κ2) is 11.4. The van der Waals surface area contributed by atoms with Crippen LogP contribution in [0.5, 0.6) is 0 Å². The highest BCUT2D eigenvalue weighted by Gasteiger charge is 2.50. The Kier molecular flexibility index (Phi) is 9.04. The molecule has 3 aliphatic rings. The summed E-state index contributed by atoms with van der Waals surface area (Å²) in [5, 5.41) is 19.1. The number of hydrogen-bond donors (Lipinski definition) is 1. The Hall–Kier alpha value is -1.63. The largest absolute Gasteiger partial charge is 0.390 e. The monoisotopic (exact) mass is 465 g/mol. The zero-order valence-electron chi connectivity index (χ0n) is 22.3. The SMILES string of the molecule is C=C1CCC(OCCC#N)C/C1=C/C=C1\CCCC2(C)C1CCC2C(C)/C=C/C(C)C(C)(C)O. The standard InChI is InChI=1S/C31H47NO2/c1-22-11-15-27(34-20-8-19-32)21-26(22)14-13-25-9-7-18-31(6)28(16-17-29(25)31)23(2)10-12-24(3)30(4,5)33/h10,12-14,23-24,27-29,33H,1,7-9,11,15-18,20-21H2,2-6H3/b12-10+,25-13+,26-14-. The molecule has 0 radical (unpaired) electrons. The summed E-state index contributed by atoms with van der Waals surface area (Å²) in [6.45, 7) is 15.7. The summed E-state index contributed by atoms with van der Waals surface area (Å²) in [6, 6.07) is 2.17. The summed E-state index contributed by atoms with van der Waals surface area (Å²) < 4.78 is 5.93. The minimum Gasteiger partial charge on any atom is -0.390 e. The molecule has 0 aliphatic heterocycles. The van der Waals surface area contributed by atoms with Crippen LogP contribution in [0, 0.1) is 40.4 Å². The second-order valence-electron chi connectivity index (χ2n) is 12.0. The van der Waals surface area contributed by atoms with E-state index in [1.165, 1.54) is 43.3 Å². The maximum atomic E-state index is 10.3. The number of allylic oxidation sites excluding steroid dienone is 5. The van der Waals surface area contributed by atoms with E-state index < -0.39 is 5.60 Å². The van der Waals surface area contributed by atoms with E-state index in [1.54, 1.807) is 5.57 Å². The number of nitrogens with zero attached hydrogens (tertiary/aromatic N) is 1. The number of ether oxygens (including phenoxy) is 1. The Morgan fingerprint density at radius 3 is 2.68 bits per heavy atom. The van der Waals surface area contributed by atoms with E-state index in [4.69, 9.17) is 10.00 Å². The third-order valence-electron chi connectivity index (χ3n) is 9.23. The average Bonchev–Trinajstić information content (AvgIpc) is 3.14. The van der Waals surface area contributed by atoms with Gasteiger partial charge in [-0.25, -0.2) is 0 Å². The van der Waals surface area contributed by atoms with Crippen LogP contribution in [0.2, 0.25) is 0 Å². The third kappa shape index (κ3) is 6.32. The molecule has 34 heavy (non-hydrogen) atoms. The summed E-state index contributed by atoms with van der Waals surface area (Å²) in [6.07, 6.45) is 19.4. The minimum atomic E-state index is -0.671. The lowest BCUT2D eigenvalue weighted by molar-refractivity contribution is 0.0436. The molecule has 0 aromatic carbocycles. The Labute approximate surface area is 208 Å². The number of rotatable bonds is 8. The first-order valence-electron chi connectivity index (χ1n) is 13.5. The van der Waals surface area contributed by atoms with E-state index in [2.05, 4.69) is 57.7 Å². The van der Waals surface area contributed by atoms with E-state index >= 15 is 0 Å². The van der Waals surface area contributed by atoms with E-state index in [1.807, 2.05) is 13.8 Å². The van der Waals surface area contributed by atoms with Gasteiger partial charge in [0.05, 0.1) is 30.8 Å². The van der Waals surface area contributed by atoms with Gasteiger partial charge in [-0.05, 0) is 94.0 Å². The van der Waals surface area contributed by atoms with E-state index in [0.29, 0.717) is 36.2 Å². The topological polar surface area (TPSA) is 53.2 Å². The van der Waals surface area contributed by atoms with Gasteiger partial charge < -0.3 is 9.84 Å². The van der Waals surface area contributed by atoms with Crippen molar-refractivity contribution in [2.24, 2.45) is 29.1 Å². The average molecular weight is 466 g/mol. The highest BCUT2D eigenvalue weighted by molar-refractivity contribution is 5.36. The fraction of sp³-hybridized carbons (Fsp3) is 0.710. The first-order valence-corrected chi connectivity index (χ1v) is 13.5. The lowest BCUT2D eigenvalue weighted by atomic mass is 9.61. The van der Waals surface area contributed by atoms with Crippen molar-refractivity contribution in [2.45, 2.75) is 104 Å². The van der Waals surface area contributed by atoms with E-state index in [-0.39, 0.29) is 12.0 Å². The quantitative estimate of drug-likeness (QED) is 0.295. The van der Waals surface area contributed by atoms with Gasteiger partial charge in [0.2, 0.25) is 0 Å². The fourth-order valence-corrected chi connectivity index (χ4v) is 6.65. The van der Waals surface area contributed by atoms with Crippen molar-refractivity contribution in [3.8, 4) is 6.07 Å². The van der Waals surface area contributed by atoms with Gasteiger partial charge in [0.25, 0.3) is 0 Å². The van der Waals surface area contributed by atoms with Crippen LogP contribution in [0.4, 0.5) is 0 Å². The van der Waals surface area contributed by atoms with Gasteiger partial charge in [0.1, 0.15) is 0 Å². The van der Waals surface area contributed by atoms with Gasteiger partial charge in [-0.1, -0.05) is 62.8 Å². The Bertz CT molecular complexity index is 852. The molecule has 0 aromatic rings. The minimum absolute atomic E-state index is 0.157. The van der Waals surface area contributed by atoms with Gasteiger partial charge in [-0.15, -0.1) is 0 Å². The molecule has 188 valence electrons. The molecule has 0 bridgehead atoms. The van der Waals surface area contributed by atoms with Crippen molar-refractivity contribution >= 4 is 0 Å². The summed E-state index contributed by atoms with van der Waals surface area (Å²) in [4.78, 5) is 0. The van der Waals surface area contributed by atoms with Crippen molar-refractivity contribution in [1.82, 2.24) is 0 Å². The molecule has 3 fully saturated rings. The van der Waals surface area contributed by atoms with Crippen LogP contribution in [0.15, 0.2) is 47.6 Å². The molecule has 0 amide bonds. The molecule has 6 atom stereocenters. The smallest absolute Gasteiger partial charge is 0.0651 e. The van der Waals surface area contributed by atoms with Crippen LogP contribution in [0.3, 0.4) is 0 Å². The number of fused-ring (bicyclic) bond motifs is 1.